The minimum absolute atomic E-state index is 0. The zero-order valence-corrected chi connectivity index (χ0v) is 13.4. The van der Waals surface area contributed by atoms with Gasteiger partial charge in [0.25, 0.3) is 0 Å². The van der Waals surface area contributed by atoms with Gasteiger partial charge in [0, 0.05) is 40.0 Å². The van der Waals surface area contributed by atoms with Crippen LogP contribution < -0.4 is 5.32 Å². The summed E-state index contributed by atoms with van der Waals surface area (Å²) in [4.78, 5) is 2.48. The van der Waals surface area contributed by atoms with Crippen LogP contribution in [0.2, 0.25) is 0 Å². The van der Waals surface area contributed by atoms with E-state index >= 15 is 0 Å². The molecule has 1 aliphatic rings. The van der Waals surface area contributed by atoms with Gasteiger partial charge in [0.05, 0.1) is 12.3 Å². The maximum absolute atomic E-state index is 5.23. The second kappa shape index (κ2) is 9.34. The van der Waals surface area contributed by atoms with Crippen molar-refractivity contribution in [3.8, 4) is 0 Å². The third kappa shape index (κ3) is 5.40. The molecule has 116 valence electrons. The Morgan fingerprint density at radius 1 is 1.55 bits per heavy atom. The molecule has 20 heavy (non-hydrogen) atoms. The molecule has 1 aromatic heterocycles. The Bertz CT molecular complexity index is 366. The van der Waals surface area contributed by atoms with E-state index in [0.717, 1.165) is 38.7 Å². The maximum Gasteiger partial charge on any atom is 0.0589 e. The van der Waals surface area contributed by atoms with Crippen LogP contribution in [0.15, 0.2) is 12.3 Å². The predicted molar refractivity (Wildman–Crippen MR) is 83.2 cm³/mol. The fourth-order valence-electron chi connectivity index (χ4n) is 2.69. The molecule has 0 saturated carbocycles. The van der Waals surface area contributed by atoms with Gasteiger partial charge in [-0.3, -0.25) is 9.58 Å². The number of hydrogen-bond acceptors (Lipinski definition) is 4. The lowest BCUT2D eigenvalue weighted by Crippen LogP contribution is -2.39. The van der Waals surface area contributed by atoms with Gasteiger partial charge < -0.3 is 10.1 Å². The van der Waals surface area contributed by atoms with Gasteiger partial charge in [-0.1, -0.05) is 0 Å². The van der Waals surface area contributed by atoms with E-state index in [1.807, 2.05) is 17.9 Å². The third-order valence-corrected chi connectivity index (χ3v) is 3.84. The van der Waals surface area contributed by atoms with Crippen LogP contribution in [-0.2, 0) is 18.3 Å². The van der Waals surface area contributed by atoms with Gasteiger partial charge in [-0.15, -0.1) is 12.4 Å². The predicted octanol–water partition coefficient (Wildman–Crippen LogP) is 1.29. The summed E-state index contributed by atoms with van der Waals surface area (Å²) in [5.74, 6) is 0.763. The van der Waals surface area contributed by atoms with Crippen molar-refractivity contribution in [2.45, 2.75) is 19.4 Å². The second-order valence-corrected chi connectivity index (χ2v) is 5.39. The lowest BCUT2D eigenvalue weighted by atomic mass is 9.99. The molecule has 1 aromatic rings. The molecule has 1 saturated heterocycles. The third-order valence-electron chi connectivity index (χ3n) is 3.84. The van der Waals surface area contributed by atoms with E-state index in [1.54, 1.807) is 7.11 Å². The molecule has 2 heterocycles. The Labute approximate surface area is 128 Å². The maximum atomic E-state index is 5.23. The van der Waals surface area contributed by atoms with Crippen molar-refractivity contribution >= 4 is 12.4 Å². The first-order valence-corrected chi connectivity index (χ1v) is 7.18. The Hall–Kier alpha value is -0.620. The first-order valence-electron chi connectivity index (χ1n) is 7.18. The topological polar surface area (TPSA) is 42.3 Å². The van der Waals surface area contributed by atoms with Crippen molar-refractivity contribution in [2.24, 2.45) is 13.0 Å². The smallest absolute Gasteiger partial charge is 0.0589 e. The molecule has 0 amide bonds. The van der Waals surface area contributed by atoms with E-state index in [1.165, 1.54) is 25.1 Å². The number of rotatable bonds is 7. The molecule has 5 nitrogen and oxygen atoms in total. The van der Waals surface area contributed by atoms with Gasteiger partial charge in [0.1, 0.15) is 0 Å². The highest BCUT2D eigenvalue weighted by atomic mass is 35.5. The zero-order chi connectivity index (χ0) is 13.5. The number of aryl methyl sites for hydroxylation is 1. The summed E-state index contributed by atoms with van der Waals surface area (Å²) in [5.41, 5.74) is 1.26. The summed E-state index contributed by atoms with van der Waals surface area (Å²) >= 11 is 0. The van der Waals surface area contributed by atoms with Crippen molar-refractivity contribution < 1.29 is 4.74 Å². The number of hydrogen-bond donors (Lipinski definition) is 1. The van der Waals surface area contributed by atoms with Gasteiger partial charge in [-0.25, -0.2) is 0 Å². The van der Waals surface area contributed by atoms with Crippen molar-refractivity contribution in [1.29, 1.82) is 0 Å². The Balaban J connectivity index is 0.00000200. The van der Waals surface area contributed by atoms with E-state index in [-0.39, 0.29) is 12.4 Å². The SMILES string of the molecule is COCCN(Cc1ccnn1C)CC1CCCNC1.Cl. The summed E-state index contributed by atoms with van der Waals surface area (Å²) < 4.78 is 7.19. The van der Waals surface area contributed by atoms with Gasteiger partial charge in [-0.2, -0.15) is 5.10 Å². The summed E-state index contributed by atoms with van der Waals surface area (Å²) in [6.45, 7) is 6.19. The first kappa shape index (κ1) is 17.4. The van der Waals surface area contributed by atoms with Gasteiger partial charge in [0.2, 0.25) is 0 Å². The molecule has 0 aliphatic carbocycles. The van der Waals surface area contributed by atoms with E-state index < -0.39 is 0 Å². The minimum Gasteiger partial charge on any atom is -0.383 e. The molecule has 1 atom stereocenters. The van der Waals surface area contributed by atoms with Crippen molar-refractivity contribution in [3.63, 3.8) is 0 Å². The first-order chi connectivity index (χ1) is 9.29. The molecule has 0 aromatic carbocycles. The van der Waals surface area contributed by atoms with Crippen LogP contribution in [0.4, 0.5) is 0 Å². The normalized spacial score (nSPS) is 19.1. The van der Waals surface area contributed by atoms with E-state index in [0.29, 0.717) is 0 Å². The Morgan fingerprint density at radius 3 is 3.00 bits per heavy atom. The Morgan fingerprint density at radius 2 is 2.40 bits per heavy atom. The highest BCUT2D eigenvalue weighted by molar-refractivity contribution is 5.85. The molecule has 6 heteroatoms. The average molecular weight is 303 g/mol. The highest BCUT2D eigenvalue weighted by Gasteiger charge is 2.17. The molecule has 1 unspecified atom stereocenters. The van der Waals surface area contributed by atoms with Crippen LogP contribution in [0.5, 0.6) is 0 Å². The lowest BCUT2D eigenvalue weighted by Gasteiger charge is -2.30. The van der Waals surface area contributed by atoms with Gasteiger partial charge in [0.15, 0.2) is 0 Å². The molecule has 1 aliphatic heterocycles. The van der Waals surface area contributed by atoms with Crippen LogP contribution in [0.3, 0.4) is 0 Å². The molecular weight excluding hydrogens is 276 g/mol. The number of halogens is 1. The molecule has 2 rings (SSSR count). The molecular formula is C14H27ClN4O. The van der Waals surface area contributed by atoms with Gasteiger partial charge >= 0.3 is 0 Å². The number of ether oxygens (including phenoxy) is 1. The average Bonchev–Trinajstić information content (AvgIpc) is 2.83. The van der Waals surface area contributed by atoms with Gasteiger partial charge in [-0.05, 0) is 37.9 Å². The fourth-order valence-corrected chi connectivity index (χ4v) is 2.69. The lowest BCUT2D eigenvalue weighted by molar-refractivity contribution is 0.125. The number of nitrogens with zero attached hydrogens (tertiary/aromatic N) is 3. The monoisotopic (exact) mass is 302 g/mol. The standard InChI is InChI=1S/C14H26N4O.ClH/c1-17-14(5-7-16-17)12-18(8-9-19-2)11-13-4-3-6-15-10-13;/h5,7,13,15H,3-4,6,8-12H2,1-2H3;1H. The summed E-state index contributed by atoms with van der Waals surface area (Å²) in [6.07, 6.45) is 4.50. The number of aromatic nitrogens is 2. The molecule has 1 N–H and O–H groups in total. The molecule has 0 spiro atoms. The fraction of sp³-hybridized carbons (Fsp3) is 0.786. The van der Waals surface area contributed by atoms with Crippen LogP contribution in [0.1, 0.15) is 18.5 Å². The minimum atomic E-state index is 0. The van der Waals surface area contributed by atoms with Crippen LogP contribution in [0, 0.1) is 5.92 Å². The highest BCUT2D eigenvalue weighted by Crippen LogP contribution is 2.13. The molecule has 0 bridgehead atoms. The van der Waals surface area contributed by atoms with Crippen LogP contribution in [-0.4, -0.2) is 54.6 Å². The van der Waals surface area contributed by atoms with E-state index in [2.05, 4.69) is 21.4 Å². The van der Waals surface area contributed by atoms with Crippen molar-refractivity contribution in [2.75, 3.05) is 39.9 Å². The van der Waals surface area contributed by atoms with Crippen molar-refractivity contribution in [1.82, 2.24) is 20.0 Å². The molecule has 0 radical (unpaired) electrons. The number of piperidine rings is 1. The quantitative estimate of drug-likeness (QED) is 0.824. The van der Waals surface area contributed by atoms with Crippen molar-refractivity contribution in [3.05, 3.63) is 18.0 Å². The number of nitrogens with one attached hydrogen (secondary N) is 1. The van der Waals surface area contributed by atoms with Crippen LogP contribution in [0.25, 0.3) is 0 Å². The summed E-state index contributed by atoms with van der Waals surface area (Å²) in [7, 11) is 3.77. The summed E-state index contributed by atoms with van der Waals surface area (Å²) in [6, 6.07) is 2.10. The second-order valence-electron chi connectivity index (χ2n) is 5.39. The van der Waals surface area contributed by atoms with E-state index in [9.17, 15) is 0 Å². The zero-order valence-electron chi connectivity index (χ0n) is 12.5. The Kier molecular flexibility index (Phi) is 8.14. The van der Waals surface area contributed by atoms with E-state index in [4.69, 9.17) is 4.74 Å². The van der Waals surface area contributed by atoms with Crippen LogP contribution >= 0.6 is 12.4 Å². The molecule has 1 fully saturated rings. The number of methoxy groups -OCH3 is 1. The largest absolute Gasteiger partial charge is 0.383 e. The summed E-state index contributed by atoms with van der Waals surface area (Å²) in [5, 5.41) is 7.73.